The van der Waals surface area contributed by atoms with Crippen LogP contribution in [-0.2, 0) is 0 Å². The molecule has 2 N–H and O–H groups in total. The zero-order valence-electron chi connectivity index (χ0n) is 13.7. The zero-order valence-corrected chi connectivity index (χ0v) is 13.7. The molecular weight excluding hydrogens is 294 g/mol. The molecule has 1 aromatic heterocycles. The number of aliphatic hydroxyl groups is 1. The summed E-state index contributed by atoms with van der Waals surface area (Å²) in [6.45, 7) is 3.95. The Labute approximate surface area is 136 Å². The molecule has 0 spiro atoms. The molecular formula is C17H23N3O3. The van der Waals surface area contributed by atoms with Crippen LogP contribution in [0.4, 0.5) is 0 Å². The van der Waals surface area contributed by atoms with Crippen LogP contribution in [0.2, 0.25) is 0 Å². The van der Waals surface area contributed by atoms with E-state index in [9.17, 15) is 9.90 Å². The lowest BCUT2D eigenvalue weighted by molar-refractivity contribution is 0.0891. The van der Waals surface area contributed by atoms with Crippen molar-refractivity contribution in [3.8, 4) is 11.4 Å². The van der Waals surface area contributed by atoms with Crippen LogP contribution in [0.15, 0.2) is 36.7 Å². The summed E-state index contributed by atoms with van der Waals surface area (Å²) in [4.78, 5) is 12.5. The van der Waals surface area contributed by atoms with E-state index in [4.69, 9.17) is 4.74 Å². The van der Waals surface area contributed by atoms with Gasteiger partial charge in [-0.15, -0.1) is 0 Å². The number of rotatable bonds is 7. The highest BCUT2D eigenvalue weighted by Crippen LogP contribution is 2.23. The molecule has 0 aliphatic carbocycles. The molecule has 0 radical (unpaired) electrons. The monoisotopic (exact) mass is 317 g/mol. The van der Waals surface area contributed by atoms with E-state index in [1.54, 1.807) is 48.5 Å². The van der Waals surface area contributed by atoms with Crippen molar-refractivity contribution in [1.82, 2.24) is 15.1 Å². The van der Waals surface area contributed by atoms with Gasteiger partial charge in [0.25, 0.3) is 5.91 Å². The van der Waals surface area contributed by atoms with Gasteiger partial charge in [0.05, 0.1) is 19.8 Å². The first-order valence-electron chi connectivity index (χ1n) is 7.70. The molecule has 2 atom stereocenters. The first kappa shape index (κ1) is 17.0. The molecule has 6 heteroatoms. The van der Waals surface area contributed by atoms with Crippen molar-refractivity contribution in [1.29, 1.82) is 0 Å². The lowest BCUT2D eigenvalue weighted by Gasteiger charge is -2.22. The highest BCUT2D eigenvalue weighted by atomic mass is 16.5. The van der Waals surface area contributed by atoms with Gasteiger partial charge in [0, 0.05) is 18.0 Å². The van der Waals surface area contributed by atoms with Gasteiger partial charge in [-0.3, -0.25) is 4.79 Å². The Kier molecular flexibility index (Phi) is 5.76. The minimum atomic E-state index is -0.261. The molecule has 0 aliphatic heterocycles. The van der Waals surface area contributed by atoms with E-state index in [0.717, 1.165) is 6.42 Å². The predicted octanol–water partition coefficient (Wildman–Crippen LogP) is 2.02. The Morgan fingerprint density at radius 1 is 1.48 bits per heavy atom. The van der Waals surface area contributed by atoms with Crippen LogP contribution in [0.3, 0.4) is 0 Å². The number of carbonyl (C=O) groups excluding carboxylic acids is 1. The molecule has 124 valence electrons. The second-order valence-corrected chi connectivity index (χ2v) is 5.49. The Morgan fingerprint density at radius 2 is 2.26 bits per heavy atom. The number of hydrogen-bond donors (Lipinski definition) is 2. The third-order valence-corrected chi connectivity index (χ3v) is 4.04. The average Bonchev–Trinajstić information content (AvgIpc) is 3.12. The van der Waals surface area contributed by atoms with Gasteiger partial charge in [-0.05, 0) is 30.2 Å². The van der Waals surface area contributed by atoms with Gasteiger partial charge in [0.2, 0.25) is 0 Å². The van der Waals surface area contributed by atoms with E-state index < -0.39 is 0 Å². The van der Waals surface area contributed by atoms with Crippen molar-refractivity contribution >= 4 is 5.91 Å². The molecule has 1 amide bonds. The molecule has 1 heterocycles. The summed E-state index contributed by atoms with van der Waals surface area (Å²) in [5.41, 5.74) is 1.19. The van der Waals surface area contributed by atoms with E-state index >= 15 is 0 Å². The Balaban J connectivity index is 2.26. The van der Waals surface area contributed by atoms with Gasteiger partial charge in [-0.1, -0.05) is 20.3 Å². The number of nitrogens with one attached hydrogen (secondary N) is 1. The second-order valence-electron chi connectivity index (χ2n) is 5.49. The summed E-state index contributed by atoms with van der Waals surface area (Å²) in [7, 11) is 1.58. The molecule has 2 aromatic rings. The minimum Gasteiger partial charge on any atom is -0.494 e. The zero-order chi connectivity index (χ0) is 16.8. The normalized spacial score (nSPS) is 13.4. The predicted molar refractivity (Wildman–Crippen MR) is 87.9 cm³/mol. The lowest BCUT2D eigenvalue weighted by Crippen LogP contribution is -2.41. The van der Waals surface area contributed by atoms with E-state index in [1.165, 1.54) is 0 Å². The van der Waals surface area contributed by atoms with E-state index in [-0.39, 0.29) is 24.5 Å². The fraction of sp³-hybridized carbons (Fsp3) is 0.412. The Hall–Kier alpha value is -2.34. The quantitative estimate of drug-likeness (QED) is 0.819. The molecule has 6 nitrogen and oxygen atoms in total. The van der Waals surface area contributed by atoms with Crippen molar-refractivity contribution in [3.63, 3.8) is 0 Å². The summed E-state index contributed by atoms with van der Waals surface area (Å²) >= 11 is 0. The second kappa shape index (κ2) is 7.78. The number of carbonyl (C=O) groups is 1. The maximum atomic E-state index is 12.5. The van der Waals surface area contributed by atoms with Crippen LogP contribution < -0.4 is 10.1 Å². The number of nitrogens with zero attached hydrogens (tertiary/aromatic N) is 2. The van der Waals surface area contributed by atoms with Crippen molar-refractivity contribution in [3.05, 3.63) is 42.2 Å². The van der Waals surface area contributed by atoms with Crippen LogP contribution in [0.5, 0.6) is 5.75 Å². The molecule has 0 saturated carbocycles. The summed E-state index contributed by atoms with van der Waals surface area (Å²) in [6, 6.07) is 6.71. The molecule has 2 rings (SSSR count). The maximum absolute atomic E-state index is 12.5. The van der Waals surface area contributed by atoms with Crippen LogP contribution in [-0.4, -0.2) is 40.6 Å². The molecule has 0 aliphatic rings. The van der Waals surface area contributed by atoms with E-state index in [1.807, 2.05) is 13.8 Å². The van der Waals surface area contributed by atoms with E-state index in [0.29, 0.717) is 17.0 Å². The number of amides is 1. The number of methoxy groups -OCH3 is 1. The third kappa shape index (κ3) is 3.90. The van der Waals surface area contributed by atoms with E-state index in [2.05, 4.69) is 10.4 Å². The average molecular weight is 317 g/mol. The summed E-state index contributed by atoms with van der Waals surface area (Å²) in [5, 5.41) is 16.5. The number of aromatic nitrogens is 2. The van der Waals surface area contributed by atoms with Crippen LogP contribution in [0.1, 0.15) is 30.6 Å². The van der Waals surface area contributed by atoms with Crippen molar-refractivity contribution < 1.29 is 14.6 Å². The van der Waals surface area contributed by atoms with Gasteiger partial charge in [-0.25, -0.2) is 4.68 Å². The summed E-state index contributed by atoms with van der Waals surface area (Å²) < 4.78 is 6.98. The molecule has 0 unspecified atom stereocenters. The number of aliphatic hydroxyl groups excluding tert-OH is 1. The summed E-state index contributed by atoms with van der Waals surface area (Å²) in [5.74, 6) is 0.610. The van der Waals surface area contributed by atoms with Crippen LogP contribution in [0, 0.1) is 5.92 Å². The fourth-order valence-electron chi connectivity index (χ4n) is 2.33. The van der Waals surface area contributed by atoms with Crippen molar-refractivity contribution in [2.24, 2.45) is 5.92 Å². The van der Waals surface area contributed by atoms with Crippen LogP contribution in [0.25, 0.3) is 5.69 Å². The lowest BCUT2D eigenvalue weighted by atomic mass is 9.99. The van der Waals surface area contributed by atoms with Gasteiger partial charge in [-0.2, -0.15) is 5.10 Å². The fourth-order valence-corrected chi connectivity index (χ4v) is 2.33. The Bertz CT molecular complexity index is 641. The minimum absolute atomic E-state index is 0.0804. The first-order chi connectivity index (χ1) is 11.1. The van der Waals surface area contributed by atoms with Crippen molar-refractivity contribution in [2.75, 3.05) is 13.7 Å². The maximum Gasteiger partial charge on any atom is 0.251 e. The third-order valence-electron chi connectivity index (χ3n) is 4.04. The van der Waals surface area contributed by atoms with Gasteiger partial charge < -0.3 is 15.2 Å². The number of ether oxygens (including phenoxy) is 1. The largest absolute Gasteiger partial charge is 0.494 e. The number of benzene rings is 1. The number of hydrogen-bond acceptors (Lipinski definition) is 4. The standard InChI is InChI=1S/C17H23N3O3/c1-4-12(2)14(11-21)19-17(22)13-6-7-16(23-3)15(10-13)20-9-5-8-18-20/h5-10,12,14,21H,4,11H2,1-3H3,(H,19,22)/t12-,14+/m0/s1. The summed E-state index contributed by atoms with van der Waals surface area (Å²) in [6.07, 6.45) is 4.33. The van der Waals surface area contributed by atoms with Crippen molar-refractivity contribution in [2.45, 2.75) is 26.3 Å². The molecule has 23 heavy (non-hydrogen) atoms. The smallest absolute Gasteiger partial charge is 0.251 e. The van der Waals surface area contributed by atoms with Gasteiger partial charge in [0.15, 0.2) is 0 Å². The first-order valence-corrected chi connectivity index (χ1v) is 7.70. The molecule has 0 bridgehead atoms. The SMILES string of the molecule is CC[C@H](C)[C@@H](CO)NC(=O)c1ccc(OC)c(-n2cccn2)c1. The molecule has 1 aromatic carbocycles. The highest BCUT2D eigenvalue weighted by Gasteiger charge is 2.19. The van der Waals surface area contributed by atoms with Gasteiger partial charge in [0.1, 0.15) is 11.4 Å². The molecule has 0 saturated heterocycles. The Morgan fingerprint density at radius 3 is 2.83 bits per heavy atom. The molecule has 0 fully saturated rings. The van der Waals surface area contributed by atoms with Gasteiger partial charge >= 0.3 is 0 Å². The highest BCUT2D eigenvalue weighted by molar-refractivity contribution is 5.95. The topological polar surface area (TPSA) is 76.4 Å². The van der Waals surface area contributed by atoms with Crippen LogP contribution >= 0.6 is 0 Å².